The molecule has 0 aliphatic rings. The molecule has 1 aromatic rings. The molecule has 0 aromatic carbocycles. The first-order valence-electron chi connectivity index (χ1n) is 5.41. The van der Waals surface area contributed by atoms with Crippen molar-refractivity contribution < 1.29 is 0 Å². The minimum Gasteiger partial charge on any atom is -0.330 e. The number of halogens is 1. The molecule has 1 heterocycles. The van der Waals surface area contributed by atoms with Crippen LogP contribution in [0.15, 0.2) is 12.1 Å². The second-order valence-electron chi connectivity index (χ2n) is 3.68. The van der Waals surface area contributed by atoms with Gasteiger partial charge in [-0.05, 0) is 37.6 Å². The highest BCUT2D eigenvalue weighted by Gasteiger charge is 2.03. The topological polar surface area (TPSA) is 38.0 Å². The van der Waals surface area contributed by atoms with Crippen molar-refractivity contribution in [3.63, 3.8) is 0 Å². The zero-order valence-corrected chi connectivity index (χ0v) is 10.7. The van der Waals surface area contributed by atoms with Gasteiger partial charge in [-0.15, -0.1) is 11.3 Å². The predicted molar refractivity (Wildman–Crippen MR) is 68.5 cm³/mol. The van der Waals surface area contributed by atoms with Crippen molar-refractivity contribution in [2.24, 2.45) is 11.7 Å². The molecule has 86 valence electrons. The normalized spacial score (nSPS) is 13.0. The van der Waals surface area contributed by atoms with Crippen LogP contribution in [0.25, 0.3) is 0 Å². The van der Waals surface area contributed by atoms with E-state index in [0.717, 1.165) is 30.4 Å². The van der Waals surface area contributed by atoms with E-state index in [9.17, 15) is 0 Å². The lowest BCUT2D eigenvalue weighted by molar-refractivity contribution is 0.461. The lowest BCUT2D eigenvalue weighted by Gasteiger charge is -2.11. The maximum absolute atomic E-state index is 5.84. The Kier molecular flexibility index (Phi) is 6.25. The maximum Gasteiger partial charge on any atom is 0.0931 e. The Morgan fingerprint density at radius 1 is 1.53 bits per heavy atom. The molecule has 0 saturated heterocycles. The van der Waals surface area contributed by atoms with Crippen LogP contribution in [0.3, 0.4) is 0 Å². The highest BCUT2D eigenvalue weighted by Crippen LogP contribution is 2.20. The first kappa shape index (κ1) is 13.0. The van der Waals surface area contributed by atoms with Crippen molar-refractivity contribution in [1.29, 1.82) is 0 Å². The molecule has 0 aliphatic heterocycles. The van der Waals surface area contributed by atoms with Gasteiger partial charge in [-0.3, -0.25) is 0 Å². The van der Waals surface area contributed by atoms with Crippen LogP contribution in [0.2, 0.25) is 4.34 Å². The summed E-state index contributed by atoms with van der Waals surface area (Å²) >= 11 is 7.48. The average molecular weight is 247 g/mol. The molecule has 1 unspecified atom stereocenters. The van der Waals surface area contributed by atoms with Gasteiger partial charge in [0, 0.05) is 11.4 Å². The Morgan fingerprint density at radius 2 is 2.33 bits per heavy atom. The maximum atomic E-state index is 5.84. The van der Waals surface area contributed by atoms with Gasteiger partial charge in [0.25, 0.3) is 0 Å². The summed E-state index contributed by atoms with van der Waals surface area (Å²) in [5.41, 5.74) is 5.64. The van der Waals surface area contributed by atoms with E-state index in [1.807, 2.05) is 6.07 Å². The summed E-state index contributed by atoms with van der Waals surface area (Å²) in [6, 6.07) is 4.01. The van der Waals surface area contributed by atoms with Crippen LogP contribution in [0.1, 0.15) is 24.6 Å². The van der Waals surface area contributed by atoms with Gasteiger partial charge in [0.15, 0.2) is 0 Å². The summed E-state index contributed by atoms with van der Waals surface area (Å²) in [6.07, 6.45) is 2.33. The lowest BCUT2D eigenvalue weighted by Crippen LogP contribution is -2.21. The standard InChI is InChI=1S/C11H19ClN2S/c1-2-9(7-13)5-6-14-8-10-3-4-11(12)15-10/h3-4,9,14H,2,5-8,13H2,1H3. The number of hydrogen-bond acceptors (Lipinski definition) is 3. The zero-order chi connectivity index (χ0) is 11.1. The Labute approximate surface area is 101 Å². The number of rotatable bonds is 7. The van der Waals surface area contributed by atoms with E-state index in [1.165, 1.54) is 11.3 Å². The number of nitrogens with two attached hydrogens (primary N) is 1. The molecule has 4 heteroatoms. The van der Waals surface area contributed by atoms with E-state index in [1.54, 1.807) is 11.3 Å². The van der Waals surface area contributed by atoms with Gasteiger partial charge in [0.05, 0.1) is 4.34 Å². The van der Waals surface area contributed by atoms with Crippen LogP contribution in [0, 0.1) is 5.92 Å². The Bertz CT molecular complexity index is 271. The predicted octanol–water partition coefficient (Wildman–Crippen LogP) is 2.87. The molecule has 1 atom stereocenters. The minimum absolute atomic E-state index is 0.657. The lowest BCUT2D eigenvalue weighted by atomic mass is 10.0. The first-order chi connectivity index (χ1) is 7.26. The van der Waals surface area contributed by atoms with Gasteiger partial charge in [-0.25, -0.2) is 0 Å². The quantitative estimate of drug-likeness (QED) is 0.726. The molecule has 0 radical (unpaired) electrons. The third-order valence-electron chi connectivity index (χ3n) is 2.57. The van der Waals surface area contributed by atoms with Crippen molar-refractivity contribution >= 4 is 22.9 Å². The van der Waals surface area contributed by atoms with E-state index < -0.39 is 0 Å². The highest BCUT2D eigenvalue weighted by atomic mass is 35.5. The van der Waals surface area contributed by atoms with E-state index >= 15 is 0 Å². The largest absolute Gasteiger partial charge is 0.330 e. The van der Waals surface area contributed by atoms with Gasteiger partial charge in [-0.2, -0.15) is 0 Å². The van der Waals surface area contributed by atoms with Crippen molar-refractivity contribution in [2.45, 2.75) is 26.3 Å². The Morgan fingerprint density at radius 3 is 2.87 bits per heavy atom. The molecule has 2 nitrogen and oxygen atoms in total. The van der Waals surface area contributed by atoms with Gasteiger partial charge in [0.2, 0.25) is 0 Å². The molecule has 3 N–H and O–H groups in total. The molecule has 1 rings (SSSR count). The van der Waals surface area contributed by atoms with Crippen molar-refractivity contribution in [3.8, 4) is 0 Å². The Hall–Kier alpha value is -0.0900. The van der Waals surface area contributed by atoms with E-state index in [0.29, 0.717) is 5.92 Å². The summed E-state index contributed by atoms with van der Waals surface area (Å²) in [7, 11) is 0. The molecular formula is C11H19ClN2S. The summed E-state index contributed by atoms with van der Waals surface area (Å²) < 4.78 is 0.861. The van der Waals surface area contributed by atoms with Gasteiger partial charge < -0.3 is 11.1 Å². The monoisotopic (exact) mass is 246 g/mol. The van der Waals surface area contributed by atoms with Crippen LogP contribution in [-0.4, -0.2) is 13.1 Å². The average Bonchev–Trinajstić information content (AvgIpc) is 2.65. The minimum atomic E-state index is 0.657. The van der Waals surface area contributed by atoms with E-state index in [2.05, 4.69) is 18.3 Å². The summed E-state index contributed by atoms with van der Waals surface area (Å²) in [5.74, 6) is 0.657. The molecule has 0 amide bonds. The molecule has 0 spiro atoms. The second kappa shape index (κ2) is 7.23. The second-order valence-corrected chi connectivity index (χ2v) is 5.48. The van der Waals surface area contributed by atoms with E-state index in [4.69, 9.17) is 17.3 Å². The van der Waals surface area contributed by atoms with Crippen LogP contribution in [0.4, 0.5) is 0 Å². The fraction of sp³-hybridized carbons (Fsp3) is 0.636. The van der Waals surface area contributed by atoms with Crippen molar-refractivity contribution in [1.82, 2.24) is 5.32 Å². The molecule has 0 fully saturated rings. The van der Waals surface area contributed by atoms with Gasteiger partial charge >= 0.3 is 0 Å². The fourth-order valence-electron chi connectivity index (χ4n) is 1.45. The van der Waals surface area contributed by atoms with Gasteiger partial charge in [-0.1, -0.05) is 24.9 Å². The Balaban J connectivity index is 2.11. The molecular weight excluding hydrogens is 228 g/mol. The summed E-state index contributed by atoms with van der Waals surface area (Å²) in [6.45, 7) is 4.93. The SMILES string of the molecule is CCC(CN)CCNCc1ccc(Cl)s1. The third kappa shape index (κ3) is 4.98. The van der Waals surface area contributed by atoms with Gasteiger partial charge in [0.1, 0.15) is 0 Å². The molecule has 0 aliphatic carbocycles. The number of thiophene rings is 1. The number of hydrogen-bond donors (Lipinski definition) is 2. The van der Waals surface area contributed by atoms with Crippen molar-refractivity contribution in [3.05, 3.63) is 21.3 Å². The summed E-state index contributed by atoms with van der Waals surface area (Å²) in [5, 5.41) is 3.41. The van der Waals surface area contributed by atoms with Crippen LogP contribution >= 0.6 is 22.9 Å². The smallest absolute Gasteiger partial charge is 0.0931 e. The summed E-state index contributed by atoms with van der Waals surface area (Å²) in [4.78, 5) is 1.29. The van der Waals surface area contributed by atoms with Crippen LogP contribution in [-0.2, 0) is 6.54 Å². The van der Waals surface area contributed by atoms with E-state index in [-0.39, 0.29) is 0 Å². The number of nitrogens with one attached hydrogen (secondary N) is 1. The molecule has 0 bridgehead atoms. The highest BCUT2D eigenvalue weighted by molar-refractivity contribution is 7.16. The zero-order valence-electron chi connectivity index (χ0n) is 9.13. The first-order valence-corrected chi connectivity index (χ1v) is 6.60. The van der Waals surface area contributed by atoms with Crippen LogP contribution in [0.5, 0.6) is 0 Å². The third-order valence-corrected chi connectivity index (χ3v) is 3.80. The molecule has 0 saturated carbocycles. The molecule has 1 aromatic heterocycles. The fourth-order valence-corrected chi connectivity index (χ4v) is 2.51. The van der Waals surface area contributed by atoms with Crippen LogP contribution < -0.4 is 11.1 Å². The van der Waals surface area contributed by atoms with Crippen molar-refractivity contribution in [2.75, 3.05) is 13.1 Å². The molecule has 15 heavy (non-hydrogen) atoms.